The highest BCUT2D eigenvalue weighted by Crippen LogP contribution is 2.52. The third-order valence-electron chi connectivity index (χ3n) is 5.54. The molecule has 0 spiro atoms. The van der Waals surface area contributed by atoms with E-state index in [1.165, 1.54) is 7.11 Å². The van der Waals surface area contributed by atoms with E-state index >= 15 is 0 Å². The van der Waals surface area contributed by atoms with Crippen LogP contribution in [-0.4, -0.2) is 64.1 Å². The van der Waals surface area contributed by atoms with Crippen molar-refractivity contribution < 1.29 is 42.1 Å². The number of nitrogens with zero attached hydrogens (tertiary/aromatic N) is 4. The number of hydrogen-bond donors (Lipinski definition) is 1. The molecule has 0 unspecified atom stereocenters. The van der Waals surface area contributed by atoms with Crippen molar-refractivity contribution in [1.82, 2.24) is 19.5 Å². The lowest BCUT2D eigenvalue weighted by Crippen LogP contribution is -2.26. The maximum Gasteiger partial charge on any atom is 0.361 e. The van der Waals surface area contributed by atoms with Gasteiger partial charge in [0.05, 0.1) is 36.4 Å². The number of carbonyl (C=O) groups excluding carboxylic acids is 2. The fourth-order valence-electron chi connectivity index (χ4n) is 3.07. The van der Waals surface area contributed by atoms with Crippen molar-refractivity contribution in [2.75, 3.05) is 32.8 Å². The number of anilines is 1. The van der Waals surface area contributed by atoms with Gasteiger partial charge in [0.1, 0.15) is 6.35 Å². The van der Waals surface area contributed by atoms with Gasteiger partial charge >= 0.3 is 19.5 Å². The van der Waals surface area contributed by atoms with Gasteiger partial charge in [-0.1, -0.05) is 0 Å². The number of rotatable bonds is 12. The quantitative estimate of drug-likeness (QED) is 0.229. The maximum absolute atomic E-state index is 13.5. The fraction of sp³-hybridized carbons (Fsp3) is 0.696. The van der Waals surface area contributed by atoms with E-state index in [0.717, 1.165) is 0 Å². The monoisotopic (exact) mass is 557 g/mol. The van der Waals surface area contributed by atoms with Crippen LogP contribution in [0.4, 0.5) is 5.95 Å². The van der Waals surface area contributed by atoms with Gasteiger partial charge in [0.15, 0.2) is 11.2 Å². The summed E-state index contributed by atoms with van der Waals surface area (Å²) in [4.78, 5) is 36.7. The molecule has 212 valence electrons. The second-order valence-electron chi connectivity index (χ2n) is 11.1. The summed E-state index contributed by atoms with van der Waals surface area (Å²) in [6.45, 7) is 9.10. The number of hydrogen-bond acceptors (Lipinski definition) is 13. The van der Waals surface area contributed by atoms with Gasteiger partial charge in [-0.3, -0.25) is 23.2 Å². The number of methoxy groups -OCH3 is 1. The van der Waals surface area contributed by atoms with E-state index in [0.29, 0.717) is 30.6 Å². The summed E-state index contributed by atoms with van der Waals surface area (Å²) in [5.74, 6) is -0.821. The van der Waals surface area contributed by atoms with E-state index in [4.69, 9.17) is 33.7 Å². The molecule has 0 radical (unpaired) electrons. The molecule has 2 N–H and O–H groups in total. The van der Waals surface area contributed by atoms with Crippen LogP contribution in [0.1, 0.15) is 54.4 Å². The Balaban J connectivity index is 1.68. The average Bonchev–Trinajstić information content (AvgIpc) is 3.48. The molecule has 0 amide bonds. The molecule has 2 aromatic rings. The zero-order valence-electron chi connectivity index (χ0n) is 22.8. The second-order valence-corrected chi connectivity index (χ2v) is 13.1. The second kappa shape index (κ2) is 11.1. The van der Waals surface area contributed by atoms with Gasteiger partial charge in [-0.05, 0) is 54.4 Å². The first-order valence-corrected chi connectivity index (χ1v) is 13.7. The summed E-state index contributed by atoms with van der Waals surface area (Å²) >= 11 is 0. The minimum atomic E-state index is -4.02. The Hall–Kier alpha value is -2.80. The van der Waals surface area contributed by atoms with E-state index < -0.39 is 55.9 Å². The first kappa shape index (κ1) is 29.8. The van der Waals surface area contributed by atoms with Crippen molar-refractivity contribution in [3.8, 4) is 5.88 Å². The zero-order chi connectivity index (χ0) is 28.4. The number of imidazole rings is 1. The van der Waals surface area contributed by atoms with Gasteiger partial charge in [0, 0.05) is 0 Å². The number of carbonyl (C=O) groups is 2. The fourth-order valence-corrected chi connectivity index (χ4v) is 4.15. The predicted molar refractivity (Wildman–Crippen MR) is 135 cm³/mol. The highest BCUT2D eigenvalue weighted by atomic mass is 31.2. The smallest absolute Gasteiger partial charge is 0.361 e. The van der Waals surface area contributed by atoms with Crippen molar-refractivity contribution >= 4 is 36.6 Å². The average molecular weight is 558 g/mol. The molecule has 0 atom stereocenters. The Morgan fingerprint density at radius 3 is 2.05 bits per heavy atom. The van der Waals surface area contributed by atoms with Crippen LogP contribution in [0.25, 0.3) is 11.2 Å². The van der Waals surface area contributed by atoms with Crippen LogP contribution in [0.3, 0.4) is 0 Å². The largest absolute Gasteiger partial charge is 0.479 e. The molecular weight excluding hydrogens is 521 g/mol. The number of ether oxygens (including phenoxy) is 4. The Kier molecular flexibility index (Phi) is 8.71. The van der Waals surface area contributed by atoms with Crippen LogP contribution >= 0.6 is 7.60 Å². The topological polar surface area (TPSA) is 176 Å². The third-order valence-corrected chi connectivity index (χ3v) is 6.98. The van der Waals surface area contributed by atoms with Crippen molar-refractivity contribution in [3.05, 3.63) is 6.33 Å². The molecule has 15 heteroatoms. The van der Waals surface area contributed by atoms with Gasteiger partial charge in [-0.2, -0.15) is 9.97 Å². The van der Waals surface area contributed by atoms with Crippen molar-refractivity contribution in [2.24, 2.45) is 10.8 Å². The molecule has 0 aromatic carbocycles. The molecule has 38 heavy (non-hydrogen) atoms. The maximum atomic E-state index is 13.5. The van der Waals surface area contributed by atoms with E-state index in [9.17, 15) is 14.2 Å². The summed E-state index contributed by atoms with van der Waals surface area (Å²) in [5.41, 5.74) is 4.43. The van der Waals surface area contributed by atoms with Crippen LogP contribution in [-0.2, 0) is 44.0 Å². The number of nitrogens with two attached hydrogens (primary N) is 1. The first-order chi connectivity index (χ1) is 17.6. The summed E-state index contributed by atoms with van der Waals surface area (Å²) in [6, 6.07) is 0. The molecule has 0 bridgehead atoms. The minimum Gasteiger partial charge on any atom is -0.479 e. The van der Waals surface area contributed by atoms with Gasteiger partial charge in [-0.25, -0.2) is 4.98 Å². The molecule has 1 aliphatic rings. The lowest BCUT2D eigenvalue weighted by Gasteiger charge is -2.24. The van der Waals surface area contributed by atoms with E-state index in [1.807, 2.05) is 0 Å². The molecule has 1 fully saturated rings. The number of nitrogen functional groups attached to an aromatic ring is 1. The summed E-state index contributed by atoms with van der Waals surface area (Å²) in [6.07, 6.45) is 2.40. The van der Waals surface area contributed by atoms with Gasteiger partial charge in [0.25, 0.3) is 0 Å². The minimum absolute atomic E-state index is 0.0303. The standard InChI is InChI=1S/C23H36N5O9P/c1-21(2,3)18(29)33-12-36-38(31,37-13-34-19(30)22(4,5)6)14-35-23(8-9-23)10-28-11-25-15-16(28)26-20(24)27-17(15)32-7/h11H,8-10,12-14H2,1-7H3,(H2,24,26,27). The van der Waals surface area contributed by atoms with Crippen LogP contribution in [0.15, 0.2) is 6.33 Å². The summed E-state index contributed by atoms with van der Waals surface area (Å²) in [7, 11) is -2.56. The molecule has 0 aliphatic heterocycles. The number of fused-ring (bicyclic) bond motifs is 1. The molecular formula is C23H36N5O9P. The van der Waals surface area contributed by atoms with E-state index in [1.54, 1.807) is 52.4 Å². The highest BCUT2D eigenvalue weighted by Gasteiger charge is 2.47. The molecule has 14 nitrogen and oxygen atoms in total. The van der Waals surface area contributed by atoms with Gasteiger partial charge < -0.3 is 29.2 Å². The molecule has 1 aliphatic carbocycles. The molecule has 2 heterocycles. The Bertz CT molecular complexity index is 1180. The highest BCUT2D eigenvalue weighted by molar-refractivity contribution is 7.53. The molecule has 2 aromatic heterocycles. The SMILES string of the molecule is COc1nc(N)nc2c1ncn2CC1(OCP(=O)(OCOC(=O)C(C)(C)C)OCOC(=O)C(C)(C)C)CC1. The van der Waals surface area contributed by atoms with Crippen LogP contribution in [0.2, 0.25) is 0 Å². The number of aromatic nitrogens is 4. The van der Waals surface area contributed by atoms with E-state index in [-0.39, 0.29) is 11.8 Å². The van der Waals surface area contributed by atoms with Crippen molar-refractivity contribution in [1.29, 1.82) is 0 Å². The lowest BCUT2D eigenvalue weighted by molar-refractivity contribution is -0.162. The Labute approximate surface area is 221 Å². The van der Waals surface area contributed by atoms with E-state index in [2.05, 4.69) is 15.0 Å². The van der Waals surface area contributed by atoms with Crippen molar-refractivity contribution in [3.63, 3.8) is 0 Å². The van der Waals surface area contributed by atoms with Gasteiger partial charge in [0.2, 0.25) is 25.4 Å². The number of esters is 2. The Morgan fingerprint density at radius 1 is 1.03 bits per heavy atom. The molecule has 1 saturated carbocycles. The van der Waals surface area contributed by atoms with Crippen molar-refractivity contribution in [2.45, 2.75) is 66.5 Å². The predicted octanol–water partition coefficient (Wildman–Crippen LogP) is 3.24. The van der Waals surface area contributed by atoms with Gasteiger partial charge in [-0.15, -0.1) is 0 Å². The Morgan fingerprint density at radius 2 is 1.58 bits per heavy atom. The summed E-state index contributed by atoms with van der Waals surface area (Å²) < 4.78 is 47.3. The molecule has 0 saturated heterocycles. The van der Waals surface area contributed by atoms with Crippen LogP contribution < -0.4 is 10.5 Å². The van der Waals surface area contributed by atoms with Crippen LogP contribution in [0.5, 0.6) is 5.88 Å². The first-order valence-electron chi connectivity index (χ1n) is 12.0. The lowest BCUT2D eigenvalue weighted by atomic mass is 9.98. The summed E-state index contributed by atoms with van der Waals surface area (Å²) in [5, 5.41) is 0. The normalized spacial score (nSPS) is 15.3. The zero-order valence-corrected chi connectivity index (χ0v) is 23.7. The molecule has 3 rings (SSSR count). The van der Waals surface area contributed by atoms with Crippen LogP contribution in [0, 0.1) is 10.8 Å². The third kappa shape index (κ3) is 7.62.